The Balaban J connectivity index is 1.38. The summed E-state index contributed by atoms with van der Waals surface area (Å²) in [6, 6.07) is 36.3. The van der Waals surface area contributed by atoms with E-state index in [0.717, 1.165) is 49.9 Å². The topological polar surface area (TPSA) is 72.3 Å². The van der Waals surface area contributed by atoms with Gasteiger partial charge in [-0.2, -0.15) is 0 Å². The second kappa shape index (κ2) is 12.7. The lowest BCUT2D eigenvalue weighted by atomic mass is 9.95. The molecule has 0 spiro atoms. The number of benzene rings is 3. The highest BCUT2D eigenvalue weighted by molar-refractivity contribution is 7.99. The lowest BCUT2D eigenvalue weighted by Crippen LogP contribution is -2.09. The molecule has 3 aromatic carbocycles. The third-order valence-corrected chi connectivity index (χ3v) is 6.98. The first kappa shape index (κ1) is 25.9. The molecule has 5 nitrogen and oxygen atoms in total. The molecule has 1 N–H and O–H groups in total. The largest absolute Gasteiger partial charge is 0.482 e. The van der Waals surface area contributed by atoms with Crippen LogP contribution in [0.1, 0.15) is 11.1 Å². The number of aromatic nitrogens is 2. The van der Waals surface area contributed by atoms with E-state index < -0.39 is 5.97 Å². The van der Waals surface area contributed by atoms with E-state index in [1.54, 1.807) is 36.3 Å². The Labute approximate surface area is 231 Å². The molecule has 0 radical (unpaired) electrons. The van der Waals surface area contributed by atoms with E-state index in [1.165, 1.54) is 0 Å². The summed E-state index contributed by atoms with van der Waals surface area (Å²) in [6.07, 6.45) is 5.85. The third kappa shape index (κ3) is 7.00. The zero-order valence-electron chi connectivity index (χ0n) is 21.1. The first-order valence-corrected chi connectivity index (χ1v) is 13.5. The average Bonchev–Trinajstić information content (AvgIpc) is 3.00. The number of thioether (sulfide) groups is 1. The van der Waals surface area contributed by atoms with Gasteiger partial charge in [0.2, 0.25) is 0 Å². The molecular formula is C33H26N2O3S. The summed E-state index contributed by atoms with van der Waals surface area (Å²) in [5.74, 6) is 0.306. The lowest BCUT2D eigenvalue weighted by molar-refractivity contribution is -0.139. The molecule has 0 unspecified atom stereocenters. The Bertz CT molecular complexity index is 1450. The molecule has 5 aromatic rings. The quantitative estimate of drug-likeness (QED) is 0.189. The van der Waals surface area contributed by atoms with Crippen LogP contribution in [-0.4, -0.2) is 33.4 Å². The normalized spacial score (nSPS) is 10.6. The van der Waals surface area contributed by atoms with Gasteiger partial charge in [0.05, 0.1) is 11.4 Å². The first-order valence-electron chi connectivity index (χ1n) is 12.5. The van der Waals surface area contributed by atoms with Crippen LogP contribution in [0.25, 0.3) is 28.1 Å². The third-order valence-electron chi connectivity index (χ3n) is 6.04. The number of carboxylic acid groups (broad SMARTS) is 1. The first-order chi connectivity index (χ1) is 19.2. The summed E-state index contributed by atoms with van der Waals surface area (Å²) >= 11 is 1.70. The van der Waals surface area contributed by atoms with Crippen molar-refractivity contribution in [2.45, 2.75) is 4.90 Å². The zero-order chi connectivity index (χ0) is 26.9. The highest BCUT2D eigenvalue weighted by atomic mass is 32.2. The number of nitrogens with zero attached hydrogens (tertiary/aromatic N) is 2. The molecule has 2 heterocycles. The fourth-order valence-corrected chi connectivity index (χ4v) is 4.88. The van der Waals surface area contributed by atoms with Gasteiger partial charge in [-0.3, -0.25) is 9.97 Å². The van der Waals surface area contributed by atoms with Gasteiger partial charge < -0.3 is 9.84 Å². The monoisotopic (exact) mass is 530 g/mol. The summed E-state index contributed by atoms with van der Waals surface area (Å²) in [6.45, 7) is -0.350. The van der Waals surface area contributed by atoms with Crippen LogP contribution in [-0.2, 0) is 4.79 Å². The van der Waals surface area contributed by atoms with Crippen molar-refractivity contribution >= 4 is 23.3 Å². The van der Waals surface area contributed by atoms with E-state index in [9.17, 15) is 4.79 Å². The van der Waals surface area contributed by atoms with Gasteiger partial charge in [0.15, 0.2) is 6.61 Å². The van der Waals surface area contributed by atoms with Gasteiger partial charge in [0.25, 0.3) is 0 Å². The SMILES string of the molecule is O=C(O)COc1ccc(SCC=C(c2ccc(-c3ccccn3)cc2)c2ccc(-c3ccccn3)cc2)cc1. The van der Waals surface area contributed by atoms with Crippen molar-refractivity contribution in [2.24, 2.45) is 0 Å². The molecule has 0 saturated heterocycles. The van der Waals surface area contributed by atoms with Crippen LogP contribution in [0.5, 0.6) is 5.75 Å². The highest BCUT2D eigenvalue weighted by Gasteiger charge is 2.08. The van der Waals surface area contributed by atoms with Crippen LogP contribution in [0.2, 0.25) is 0 Å². The minimum absolute atomic E-state index is 0.350. The number of carboxylic acids is 1. The maximum Gasteiger partial charge on any atom is 0.341 e. The Morgan fingerprint density at radius 3 is 1.72 bits per heavy atom. The van der Waals surface area contributed by atoms with Gasteiger partial charge in [0.1, 0.15) is 5.75 Å². The standard InChI is InChI=1S/C33H26N2O3S/c36-33(37)23-38-28-15-17-29(18-16-28)39-22-19-30(24-7-11-26(12-8-24)31-5-1-3-20-34-31)25-9-13-27(14-10-25)32-6-2-4-21-35-32/h1-21H,22-23H2,(H,36,37). The Hall–Kier alpha value is -4.68. The number of aliphatic carboxylic acids is 1. The molecule has 0 saturated carbocycles. The van der Waals surface area contributed by atoms with Crippen LogP contribution >= 0.6 is 11.8 Å². The number of pyridine rings is 2. The highest BCUT2D eigenvalue weighted by Crippen LogP contribution is 2.30. The number of ether oxygens (including phenoxy) is 1. The molecule has 0 aliphatic rings. The Morgan fingerprint density at radius 1 is 0.718 bits per heavy atom. The van der Waals surface area contributed by atoms with Crippen molar-refractivity contribution < 1.29 is 14.6 Å². The van der Waals surface area contributed by atoms with Crippen molar-refractivity contribution in [3.63, 3.8) is 0 Å². The minimum Gasteiger partial charge on any atom is -0.482 e. The van der Waals surface area contributed by atoms with Crippen LogP contribution in [0, 0.1) is 0 Å². The summed E-state index contributed by atoms with van der Waals surface area (Å²) < 4.78 is 5.23. The van der Waals surface area contributed by atoms with Gasteiger partial charge in [-0.15, -0.1) is 11.8 Å². The fourth-order valence-electron chi connectivity index (χ4n) is 4.11. The molecular weight excluding hydrogens is 504 g/mol. The summed E-state index contributed by atoms with van der Waals surface area (Å²) in [4.78, 5) is 20.7. The molecule has 39 heavy (non-hydrogen) atoms. The van der Waals surface area contributed by atoms with Crippen LogP contribution in [0.3, 0.4) is 0 Å². The van der Waals surface area contributed by atoms with E-state index in [-0.39, 0.29) is 6.61 Å². The van der Waals surface area contributed by atoms with Gasteiger partial charge in [-0.25, -0.2) is 4.79 Å². The van der Waals surface area contributed by atoms with Crippen LogP contribution < -0.4 is 4.74 Å². The van der Waals surface area contributed by atoms with E-state index in [2.05, 4.69) is 64.6 Å². The molecule has 6 heteroatoms. The van der Waals surface area contributed by atoms with Gasteiger partial charge in [0, 0.05) is 34.2 Å². The van der Waals surface area contributed by atoms with Crippen molar-refractivity contribution in [1.29, 1.82) is 0 Å². The number of hydrogen-bond acceptors (Lipinski definition) is 5. The Morgan fingerprint density at radius 2 is 1.26 bits per heavy atom. The second-order valence-electron chi connectivity index (χ2n) is 8.67. The van der Waals surface area contributed by atoms with Crippen molar-refractivity contribution in [1.82, 2.24) is 9.97 Å². The lowest BCUT2D eigenvalue weighted by Gasteiger charge is -2.11. The van der Waals surface area contributed by atoms with Gasteiger partial charge in [-0.1, -0.05) is 66.7 Å². The maximum atomic E-state index is 10.7. The molecule has 2 aromatic heterocycles. The number of carbonyl (C=O) groups is 1. The maximum absolute atomic E-state index is 10.7. The minimum atomic E-state index is -0.993. The summed E-state index contributed by atoms with van der Waals surface area (Å²) in [7, 11) is 0. The van der Waals surface area contributed by atoms with Crippen LogP contribution in [0.15, 0.2) is 133 Å². The van der Waals surface area contributed by atoms with Crippen molar-refractivity contribution in [3.8, 4) is 28.3 Å². The van der Waals surface area contributed by atoms with Crippen LogP contribution in [0.4, 0.5) is 0 Å². The molecule has 0 atom stereocenters. The number of rotatable bonds is 10. The molecule has 0 aliphatic carbocycles. The second-order valence-corrected chi connectivity index (χ2v) is 9.76. The van der Waals surface area contributed by atoms with Gasteiger partial charge in [-0.05, 0) is 65.2 Å². The van der Waals surface area contributed by atoms with E-state index in [0.29, 0.717) is 5.75 Å². The van der Waals surface area contributed by atoms with E-state index in [1.807, 2.05) is 48.5 Å². The molecule has 0 fully saturated rings. The van der Waals surface area contributed by atoms with Gasteiger partial charge >= 0.3 is 5.97 Å². The van der Waals surface area contributed by atoms with E-state index >= 15 is 0 Å². The predicted octanol–water partition coefficient (Wildman–Crippen LogP) is 7.50. The summed E-state index contributed by atoms with van der Waals surface area (Å²) in [5, 5.41) is 8.79. The van der Waals surface area contributed by atoms with E-state index in [4.69, 9.17) is 9.84 Å². The van der Waals surface area contributed by atoms with Crippen molar-refractivity contribution in [2.75, 3.05) is 12.4 Å². The molecule has 192 valence electrons. The number of hydrogen-bond donors (Lipinski definition) is 1. The molecule has 0 amide bonds. The predicted molar refractivity (Wildman–Crippen MR) is 157 cm³/mol. The molecule has 0 bridgehead atoms. The molecule has 0 aliphatic heterocycles. The fraction of sp³-hybridized carbons (Fsp3) is 0.0606. The smallest absolute Gasteiger partial charge is 0.341 e. The zero-order valence-corrected chi connectivity index (χ0v) is 21.9. The molecule has 5 rings (SSSR count). The van der Waals surface area contributed by atoms with Crippen molar-refractivity contribution in [3.05, 3.63) is 139 Å². The average molecular weight is 531 g/mol. The Kier molecular flexibility index (Phi) is 8.46. The summed E-state index contributed by atoms with van der Waals surface area (Å²) in [5.41, 5.74) is 7.43.